The van der Waals surface area contributed by atoms with E-state index in [9.17, 15) is 14.0 Å². The Kier molecular flexibility index (Phi) is 2.79. The number of pyridine rings is 1. The van der Waals surface area contributed by atoms with Gasteiger partial charge in [-0.1, -0.05) is 0 Å². The summed E-state index contributed by atoms with van der Waals surface area (Å²) in [6, 6.07) is 1.14. The Morgan fingerprint density at radius 1 is 1.48 bits per heavy atom. The molecule has 1 amide bonds. The molecule has 21 heavy (non-hydrogen) atoms. The molecule has 0 atom stereocenters. The highest BCUT2D eigenvalue weighted by Crippen LogP contribution is 2.25. The smallest absolute Gasteiger partial charge is 0.256 e. The summed E-state index contributed by atoms with van der Waals surface area (Å²) in [7, 11) is 3.13. The number of halogens is 1. The first-order valence-corrected chi connectivity index (χ1v) is 6.34. The molecule has 6 nitrogen and oxygen atoms in total. The lowest BCUT2D eigenvalue weighted by Gasteiger charge is -2.04. The topological polar surface area (TPSA) is 79.8 Å². The van der Waals surface area contributed by atoms with Crippen LogP contribution in [0.2, 0.25) is 0 Å². The van der Waals surface area contributed by atoms with Gasteiger partial charge in [0.25, 0.3) is 5.91 Å². The summed E-state index contributed by atoms with van der Waals surface area (Å²) >= 11 is 0. The summed E-state index contributed by atoms with van der Waals surface area (Å²) in [4.78, 5) is 31.1. The number of imidazole rings is 1. The number of fused-ring (bicyclic) bond motifs is 3. The third-order valence-corrected chi connectivity index (χ3v) is 3.64. The third kappa shape index (κ3) is 1.74. The molecule has 0 fully saturated rings. The highest BCUT2D eigenvalue weighted by atomic mass is 19.1. The van der Waals surface area contributed by atoms with E-state index in [0.717, 1.165) is 6.07 Å². The summed E-state index contributed by atoms with van der Waals surface area (Å²) in [6.45, 7) is 1.75. The lowest BCUT2D eigenvalue weighted by atomic mass is 10.1. The molecule has 0 spiro atoms. The number of aromatic nitrogens is 3. The van der Waals surface area contributed by atoms with E-state index in [1.165, 1.54) is 13.2 Å². The van der Waals surface area contributed by atoms with Crippen molar-refractivity contribution >= 4 is 27.8 Å². The number of H-pyrrole nitrogens is 1. The molecular weight excluding hydrogens is 275 g/mol. The number of nitrogens with one attached hydrogen (secondary N) is 2. The molecule has 7 heteroatoms. The Bertz CT molecular complexity index is 955. The minimum absolute atomic E-state index is 0.0589. The van der Waals surface area contributed by atoms with Crippen LogP contribution in [-0.4, -0.2) is 27.5 Å². The molecule has 2 heterocycles. The highest BCUT2D eigenvalue weighted by Gasteiger charge is 2.18. The predicted octanol–water partition coefficient (Wildman–Crippen LogP) is 1.22. The Morgan fingerprint density at radius 2 is 2.19 bits per heavy atom. The first kappa shape index (κ1) is 13.3. The molecule has 3 rings (SSSR count). The van der Waals surface area contributed by atoms with Gasteiger partial charge >= 0.3 is 0 Å². The van der Waals surface area contributed by atoms with Crippen LogP contribution in [-0.2, 0) is 7.05 Å². The molecule has 2 N–H and O–H groups in total. The second kappa shape index (κ2) is 4.41. The second-order valence-corrected chi connectivity index (χ2v) is 4.81. The van der Waals surface area contributed by atoms with E-state index in [2.05, 4.69) is 15.3 Å². The summed E-state index contributed by atoms with van der Waals surface area (Å²) in [5.41, 5.74) is 0.547. The molecule has 1 aromatic carbocycles. The van der Waals surface area contributed by atoms with Crippen LogP contribution in [0.4, 0.5) is 4.39 Å². The first-order valence-electron chi connectivity index (χ1n) is 6.34. The maximum atomic E-state index is 14.3. The third-order valence-electron chi connectivity index (χ3n) is 3.64. The van der Waals surface area contributed by atoms with Gasteiger partial charge in [-0.05, 0) is 13.0 Å². The maximum Gasteiger partial charge on any atom is 0.256 e. The molecule has 108 valence electrons. The first-order chi connectivity index (χ1) is 9.95. The van der Waals surface area contributed by atoms with Crippen LogP contribution in [0.25, 0.3) is 21.9 Å². The number of hydrogen-bond donors (Lipinski definition) is 2. The SMILES string of the molecule is CNC(=O)c1c[nH]c2c(cc(F)c3c2nc(C)n3C)c1=O. The molecule has 0 aliphatic rings. The number of rotatable bonds is 1. The van der Waals surface area contributed by atoms with E-state index < -0.39 is 17.2 Å². The standard InChI is InChI=1S/C14H13FN4O2/c1-6-18-11-10-7(4-9(15)12(11)19(6)3)13(20)8(5-17-10)14(21)16-2/h4-5H,1-3H3,(H,16,21)(H,17,20). The fourth-order valence-electron chi connectivity index (χ4n) is 2.44. The van der Waals surface area contributed by atoms with Gasteiger partial charge in [-0.15, -0.1) is 0 Å². The van der Waals surface area contributed by atoms with Crippen LogP contribution >= 0.6 is 0 Å². The minimum Gasteiger partial charge on any atom is -0.358 e. The molecule has 0 saturated carbocycles. The van der Waals surface area contributed by atoms with Crippen molar-refractivity contribution in [3.8, 4) is 0 Å². The van der Waals surface area contributed by atoms with Crippen molar-refractivity contribution < 1.29 is 9.18 Å². The molecule has 0 aliphatic heterocycles. The van der Waals surface area contributed by atoms with E-state index >= 15 is 0 Å². The van der Waals surface area contributed by atoms with Gasteiger partial charge in [0.15, 0.2) is 0 Å². The summed E-state index contributed by atoms with van der Waals surface area (Å²) < 4.78 is 15.9. The number of hydrogen-bond acceptors (Lipinski definition) is 3. The van der Waals surface area contributed by atoms with Crippen molar-refractivity contribution in [3.05, 3.63) is 39.7 Å². The number of nitrogens with zero attached hydrogens (tertiary/aromatic N) is 2. The van der Waals surface area contributed by atoms with E-state index in [4.69, 9.17) is 0 Å². The summed E-state index contributed by atoms with van der Waals surface area (Å²) in [5, 5.41) is 2.49. The largest absolute Gasteiger partial charge is 0.358 e. The van der Waals surface area contributed by atoms with Gasteiger partial charge in [0.2, 0.25) is 5.43 Å². The van der Waals surface area contributed by atoms with Crippen LogP contribution < -0.4 is 10.7 Å². The zero-order valence-corrected chi connectivity index (χ0v) is 11.7. The number of carbonyl (C=O) groups excluding carboxylic acids is 1. The molecule has 0 radical (unpaired) electrons. The van der Waals surface area contributed by atoms with Crippen LogP contribution in [0.1, 0.15) is 16.2 Å². The van der Waals surface area contributed by atoms with Crippen molar-refractivity contribution in [1.29, 1.82) is 0 Å². The van der Waals surface area contributed by atoms with Gasteiger partial charge in [0, 0.05) is 20.3 Å². The molecule has 2 aromatic heterocycles. The van der Waals surface area contributed by atoms with Crippen molar-refractivity contribution in [1.82, 2.24) is 19.9 Å². The molecule has 0 aliphatic carbocycles. The number of aromatic amines is 1. The lowest BCUT2D eigenvalue weighted by molar-refractivity contribution is 0.0962. The van der Waals surface area contributed by atoms with Crippen LogP contribution in [0.3, 0.4) is 0 Å². The van der Waals surface area contributed by atoms with Gasteiger partial charge < -0.3 is 14.9 Å². The number of benzene rings is 1. The minimum atomic E-state index is -0.542. The van der Waals surface area contributed by atoms with Crippen LogP contribution in [0, 0.1) is 12.7 Å². The average Bonchev–Trinajstić information content (AvgIpc) is 2.76. The van der Waals surface area contributed by atoms with Crippen molar-refractivity contribution in [2.75, 3.05) is 7.05 Å². The molecule has 3 aromatic rings. The Balaban J connectivity index is 2.50. The normalized spacial score (nSPS) is 11.2. The zero-order valence-electron chi connectivity index (χ0n) is 11.7. The molecule has 0 bridgehead atoms. The quantitative estimate of drug-likeness (QED) is 0.706. The van der Waals surface area contributed by atoms with Gasteiger partial charge in [-0.25, -0.2) is 9.37 Å². The zero-order chi connectivity index (χ0) is 15.3. The number of aryl methyl sites for hydroxylation is 2. The van der Waals surface area contributed by atoms with Crippen molar-refractivity contribution in [2.24, 2.45) is 7.05 Å². The number of carbonyl (C=O) groups is 1. The van der Waals surface area contributed by atoms with E-state index in [1.807, 2.05) is 0 Å². The molecule has 0 unspecified atom stereocenters. The Labute approximate surface area is 118 Å². The Hall–Kier alpha value is -2.70. The van der Waals surface area contributed by atoms with Crippen molar-refractivity contribution in [3.63, 3.8) is 0 Å². The summed E-state index contributed by atoms with van der Waals surface area (Å²) in [5.74, 6) is -0.427. The van der Waals surface area contributed by atoms with Gasteiger partial charge in [0.1, 0.15) is 28.2 Å². The lowest BCUT2D eigenvalue weighted by Crippen LogP contribution is -2.25. The molecule has 0 saturated heterocycles. The Morgan fingerprint density at radius 3 is 2.86 bits per heavy atom. The van der Waals surface area contributed by atoms with E-state index in [-0.39, 0.29) is 10.9 Å². The van der Waals surface area contributed by atoms with Crippen molar-refractivity contribution in [2.45, 2.75) is 6.92 Å². The number of amides is 1. The highest BCUT2D eigenvalue weighted by molar-refractivity contribution is 6.05. The molecular formula is C14H13FN4O2. The fraction of sp³-hybridized carbons (Fsp3) is 0.214. The van der Waals surface area contributed by atoms with Crippen LogP contribution in [0.5, 0.6) is 0 Å². The maximum absolute atomic E-state index is 14.3. The van der Waals surface area contributed by atoms with Gasteiger partial charge in [-0.3, -0.25) is 9.59 Å². The second-order valence-electron chi connectivity index (χ2n) is 4.81. The fourth-order valence-corrected chi connectivity index (χ4v) is 2.44. The van der Waals surface area contributed by atoms with E-state index in [1.54, 1.807) is 18.5 Å². The van der Waals surface area contributed by atoms with Crippen LogP contribution in [0.15, 0.2) is 17.1 Å². The average molecular weight is 288 g/mol. The monoisotopic (exact) mass is 288 g/mol. The van der Waals surface area contributed by atoms with E-state index in [0.29, 0.717) is 22.4 Å². The van der Waals surface area contributed by atoms with Gasteiger partial charge in [-0.2, -0.15) is 0 Å². The van der Waals surface area contributed by atoms with Gasteiger partial charge in [0.05, 0.1) is 10.9 Å². The predicted molar refractivity (Wildman–Crippen MR) is 76.9 cm³/mol. The summed E-state index contributed by atoms with van der Waals surface area (Å²) in [6.07, 6.45) is 1.32.